The van der Waals surface area contributed by atoms with E-state index in [9.17, 15) is 4.79 Å². The maximum absolute atomic E-state index is 13.2. The number of rotatable bonds is 4. The molecule has 2 heterocycles. The lowest BCUT2D eigenvalue weighted by molar-refractivity contribution is 0.0966. The minimum atomic E-state index is -0.463. The van der Waals surface area contributed by atoms with Crippen molar-refractivity contribution in [3.63, 3.8) is 0 Å². The predicted octanol–water partition coefficient (Wildman–Crippen LogP) is 4.61. The molecular formula is C16H12BrCl2N5O. The summed E-state index contributed by atoms with van der Waals surface area (Å²) in [6.45, 7) is 1.82. The smallest absolute Gasteiger partial charge is 0.262 e. The molecule has 0 N–H and O–H groups in total. The van der Waals surface area contributed by atoms with Crippen LogP contribution in [0.1, 0.15) is 23.4 Å². The molecule has 1 aromatic carbocycles. The molecule has 0 bridgehead atoms. The lowest BCUT2D eigenvalue weighted by Crippen LogP contribution is -2.37. The number of hydrogen-bond acceptors (Lipinski definition) is 4. The third kappa shape index (κ3) is 3.84. The third-order valence-electron chi connectivity index (χ3n) is 3.53. The Kier molecular flexibility index (Phi) is 5.36. The van der Waals surface area contributed by atoms with Gasteiger partial charge in [0.25, 0.3) is 5.91 Å². The number of pyridine rings is 1. The van der Waals surface area contributed by atoms with Gasteiger partial charge in [-0.3, -0.25) is 9.69 Å². The van der Waals surface area contributed by atoms with Crippen molar-refractivity contribution < 1.29 is 4.79 Å². The van der Waals surface area contributed by atoms with Gasteiger partial charge in [0.05, 0.1) is 10.6 Å². The van der Waals surface area contributed by atoms with E-state index in [1.807, 2.05) is 6.92 Å². The summed E-state index contributed by atoms with van der Waals surface area (Å²) in [5.74, 6) is 0.140. The van der Waals surface area contributed by atoms with E-state index >= 15 is 0 Å². The number of amides is 1. The number of carbonyl (C=O) groups is 1. The number of nitrogens with zero attached hydrogens (tertiary/aromatic N) is 5. The fraction of sp³-hybridized carbons (Fsp3) is 0.125. The molecule has 0 aliphatic carbocycles. The highest BCUT2D eigenvalue weighted by Gasteiger charge is 2.27. The van der Waals surface area contributed by atoms with Crippen molar-refractivity contribution in [3.8, 4) is 0 Å². The third-order valence-corrected chi connectivity index (χ3v) is 4.55. The van der Waals surface area contributed by atoms with Crippen molar-refractivity contribution in [3.05, 3.63) is 69.3 Å². The molecule has 6 nitrogen and oxygen atoms in total. The van der Waals surface area contributed by atoms with Gasteiger partial charge in [-0.15, -0.1) is 0 Å². The maximum atomic E-state index is 13.2. The Labute approximate surface area is 162 Å². The maximum Gasteiger partial charge on any atom is 0.262 e. The first-order chi connectivity index (χ1) is 12.0. The van der Waals surface area contributed by atoms with Crippen LogP contribution < -0.4 is 4.90 Å². The Hall–Kier alpha value is -1.96. The monoisotopic (exact) mass is 439 g/mol. The number of carbonyl (C=O) groups excluding carboxylic acids is 1. The Morgan fingerprint density at radius 1 is 1.28 bits per heavy atom. The highest BCUT2D eigenvalue weighted by atomic mass is 79.9. The SMILES string of the molecule is CC(N(C(=O)c1ccc(Cl)cc1Cl)c1ccc(Br)cn1)n1cncn1. The molecule has 128 valence electrons. The molecule has 0 aliphatic heterocycles. The second kappa shape index (κ2) is 7.51. The summed E-state index contributed by atoms with van der Waals surface area (Å²) < 4.78 is 2.37. The van der Waals surface area contributed by atoms with E-state index in [0.29, 0.717) is 16.4 Å². The summed E-state index contributed by atoms with van der Waals surface area (Å²) in [6, 6.07) is 8.28. The van der Waals surface area contributed by atoms with Crippen molar-refractivity contribution in [2.45, 2.75) is 13.1 Å². The average molecular weight is 441 g/mol. The van der Waals surface area contributed by atoms with Gasteiger partial charge in [0.1, 0.15) is 24.6 Å². The topological polar surface area (TPSA) is 63.9 Å². The Bertz CT molecular complexity index is 886. The van der Waals surface area contributed by atoms with Gasteiger partial charge >= 0.3 is 0 Å². The number of halogens is 3. The van der Waals surface area contributed by atoms with Crippen molar-refractivity contribution in [2.24, 2.45) is 0 Å². The molecule has 0 fully saturated rings. The largest absolute Gasteiger partial charge is 0.270 e. The lowest BCUT2D eigenvalue weighted by atomic mass is 10.2. The molecule has 1 atom stereocenters. The predicted molar refractivity (Wildman–Crippen MR) is 99.9 cm³/mol. The second-order valence-electron chi connectivity index (χ2n) is 5.14. The minimum Gasteiger partial charge on any atom is -0.270 e. The van der Waals surface area contributed by atoms with E-state index in [1.54, 1.807) is 35.1 Å². The van der Waals surface area contributed by atoms with Crippen molar-refractivity contribution in [1.82, 2.24) is 19.7 Å². The number of hydrogen-bond donors (Lipinski definition) is 0. The number of benzene rings is 1. The first-order valence-corrected chi connectivity index (χ1v) is 8.76. The molecule has 0 saturated carbocycles. The minimum absolute atomic E-state index is 0.269. The average Bonchev–Trinajstić information content (AvgIpc) is 3.11. The van der Waals surface area contributed by atoms with Crippen LogP contribution in [0.4, 0.5) is 5.82 Å². The van der Waals surface area contributed by atoms with Crippen LogP contribution in [-0.2, 0) is 0 Å². The van der Waals surface area contributed by atoms with Crippen LogP contribution in [-0.4, -0.2) is 25.7 Å². The number of anilines is 1. The summed E-state index contributed by atoms with van der Waals surface area (Å²) in [6.07, 6.45) is 4.10. The van der Waals surface area contributed by atoms with Crippen LogP contribution >= 0.6 is 39.1 Å². The molecule has 0 saturated heterocycles. The Morgan fingerprint density at radius 2 is 2.08 bits per heavy atom. The van der Waals surface area contributed by atoms with Gasteiger partial charge in [-0.1, -0.05) is 23.2 Å². The molecule has 9 heteroatoms. The first-order valence-electron chi connectivity index (χ1n) is 7.21. The van der Waals surface area contributed by atoms with Gasteiger partial charge in [-0.25, -0.2) is 14.6 Å². The molecule has 1 amide bonds. The fourth-order valence-corrected chi connectivity index (χ4v) is 3.02. The van der Waals surface area contributed by atoms with Gasteiger partial charge in [-0.2, -0.15) is 5.10 Å². The van der Waals surface area contributed by atoms with Crippen molar-refractivity contribution in [2.75, 3.05) is 4.90 Å². The molecule has 1 unspecified atom stereocenters. The van der Waals surface area contributed by atoms with Gasteiger partial charge in [0.15, 0.2) is 0 Å². The highest BCUT2D eigenvalue weighted by molar-refractivity contribution is 9.10. The van der Waals surface area contributed by atoms with E-state index in [4.69, 9.17) is 23.2 Å². The van der Waals surface area contributed by atoms with E-state index < -0.39 is 6.17 Å². The quantitative estimate of drug-likeness (QED) is 0.594. The molecular weight excluding hydrogens is 429 g/mol. The van der Waals surface area contributed by atoms with Crippen LogP contribution in [0, 0.1) is 0 Å². The zero-order valence-electron chi connectivity index (χ0n) is 13.0. The molecule has 25 heavy (non-hydrogen) atoms. The van der Waals surface area contributed by atoms with Gasteiger partial charge in [0, 0.05) is 15.7 Å². The van der Waals surface area contributed by atoms with Crippen LogP contribution in [0.25, 0.3) is 0 Å². The Balaban J connectivity index is 2.06. The van der Waals surface area contributed by atoms with Gasteiger partial charge < -0.3 is 0 Å². The van der Waals surface area contributed by atoms with Crippen LogP contribution in [0.2, 0.25) is 10.0 Å². The summed E-state index contributed by atoms with van der Waals surface area (Å²) in [5, 5.41) is 4.84. The number of aromatic nitrogens is 4. The summed E-state index contributed by atoms with van der Waals surface area (Å²) >= 11 is 15.5. The van der Waals surface area contributed by atoms with Crippen molar-refractivity contribution in [1.29, 1.82) is 0 Å². The van der Waals surface area contributed by atoms with Crippen LogP contribution in [0.15, 0.2) is 53.7 Å². The van der Waals surface area contributed by atoms with E-state index in [-0.39, 0.29) is 10.9 Å². The molecule has 2 aromatic heterocycles. The zero-order valence-corrected chi connectivity index (χ0v) is 16.1. The zero-order chi connectivity index (χ0) is 18.0. The standard InChI is InChI=1S/C16H12BrCl2N5O/c1-10(23-9-20-8-22-23)24(15-5-2-11(17)7-21-15)16(25)13-4-3-12(18)6-14(13)19/h2-10H,1H3. The fourth-order valence-electron chi connectivity index (χ4n) is 2.30. The molecule has 0 aliphatic rings. The highest BCUT2D eigenvalue weighted by Crippen LogP contribution is 2.28. The Morgan fingerprint density at radius 3 is 2.68 bits per heavy atom. The second-order valence-corrected chi connectivity index (χ2v) is 6.90. The lowest BCUT2D eigenvalue weighted by Gasteiger charge is -2.28. The molecule has 0 spiro atoms. The van der Waals surface area contributed by atoms with E-state index in [1.165, 1.54) is 23.6 Å². The van der Waals surface area contributed by atoms with E-state index in [2.05, 4.69) is 31.0 Å². The van der Waals surface area contributed by atoms with Crippen molar-refractivity contribution >= 4 is 50.9 Å². The molecule has 0 radical (unpaired) electrons. The van der Waals surface area contributed by atoms with Gasteiger partial charge in [0.2, 0.25) is 0 Å². The van der Waals surface area contributed by atoms with Crippen LogP contribution in [0.3, 0.4) is 0 Å². The molecule has 3 aromatic rings. The summed E-state index contributed by atoms with van der Waals surface area (Å²) in [7, 11) is 0. The van der Waals surface area contributed by atoms with Gasteiger partial charge in [-0.05, 0) is 53.2 Å². The van der Waals surface area contributed by atoms with E-state index in [0.717, 1.165) is 4.47 Å². The molecule has 3 rings (SSSR count). The normalized spacial score (nSPS) is 12.0. The van der Waals surface area contributed by atoms with Crippen LogP contribution in [0.5, 0.6) is 0 Å². The first kappa shape index (κ1) is 17.8. The summed E-state index contributed by atoms with van der Waals surface area (Å²) in [4.78, 5) is 22.9. The summed E-state index contributed by atoms with van der Waals surface area (Å²) in [5.41, 5.74) is 0.322.